The van der Waals surface area contributed by atoms with Gasteiger partial charge in [-0.2, -0.15) is 5.10 Å². The summed E-state index contributed by atoms with van der Waals surface area (Å²) in [7, 11) is 0. The number of rotatable bonds is 6. The molecule has 0 saturated carbocycles. The summed E-state index contributed by atoms with van der Waals surface area (Å²) in [6.45, 7) is 5.21. The minimum absolute atomic E-state index is 0.443. The van der Waals surface area contributed by atoms with Crippen LogP contribution in [-0.4, -0.2) is 15.1 Å². The van der Waals surface area contributed by atoms with Crippen molar-refractivity contribution in [2.75, 3.05) is 5.33 Å². The van der Waals surface area contributed by atoms with E-state index in [9.17, 15) is 0 Å². The molecule has 0 aliphatic carbocycles. The Labute approximate surface area is 134 Å². The van der Waals surface area contributed by atoms with Gasteiger partial charge >= 0.3 is 0 Å². The Hall–Kier alpha value is -0.800. The lowest BCUT2D eigenvalue weighted by atomic mass is 9.96. The van der Waals surface area contributed by atoms with Gasteiger partial charge in [-0.25, -0.2) is 0 Å². The summed E-state index contributed by atoms with van der Waals surface area (Å²) in [5.41, 5.74) is 3.79. The summed E-state index contributed by atoms with van der Waals surface area (Å²) < 4.78 is 2.12. The van der Waals surface area contributed by atoms with E-state index in [0.29, 0.717) is 5.92 Å². The van der Waals surface area contributed by atoms with Crippen LogP contribution in [0.2, 0.25) is 5.02 Å². The van der Waals surface area contributed by atoms with Gasteiger partial charge in [0.25, 0.3) is 0 Å². The number of halogens is 2. The summed E-state index contributed by atoms with van der Waals surface area (Å²) in [6, 6.07) is 10.4. The predicted octanol–water partition coefficient (Wildman–Crippen LogP) is 4.84. The zero-order chi connectivity index (χ0) is 14.5. The van der Waals surface area contributed by atoms with Gasteiger partial charge in [0.2, 0.25) is 0 Å². The van der Waals surface area contributed by atoms with Crippen molar-refractivity contribution in [3.05, 3.63) is 52.3 Å². The molecule has 2 aromatic rings. The topological polar surface area (TPSA) is 17.8 Å². The molecule has 20 heavy (non-hydrogen) atoms. The van der Waals surface area contributed by atoms with Crippen LogP contribution >= 0.6 is 27.5 Å². The van der Waals surface area contributed by atoms with Gasteiger partial charge in [-0.3, -0.25) is 4.68 Å². The number of aryl methyl sites for hydroxylation is 2. The van der Waals surface area contributed by atoms with Gasteiger partial charge in [-0.05, 0) is 49.4 Å². The first-order chi connectivity index (χ1) is 9.67. The molecular weight excluding hydrogens is 336 g/mol. The maximum absolute atomic E-state index is 5.96. The molecule has 0 fully saturated rings. The van der Waals surface area contributed by atoms with Gasteiger partial charge in [0.1, 0.15) is 0 Å². The molecule has 2 nitrogen and oxygen atoms in total. The molecule has 0 aliphatic rings. The highest BCUT2D eigenvalue weighted by atomic mass is 79.9. The summed E-state index contributed by atoms with van der Waals surface area (Å²) >= 11 is 9.60. The third-order valence-electron chi connectivity index (χ3n) is 3.56. The quantitative estimate of drug-likeness (QED) is 0.678. The fourth-order valence-electron chi connectivity index (χ4n) is 2.37. The summed E-state index contributed by atoms with van der Waals surface area (Å²) in [5, 5.41) is 6.34. The molecule has 2 rings (SSSR count). The molecule has 0 aliphatic heterocycles. The number of aromatic nitrogens is 2. The third-order valence-corrected chi connectivity index (χ3v) is 4.59. The molecule has 1 atom stereocenters. The number of nitrogens with zero attached hydrogens (tertiary/aromatic N) is 2. The second-order valence-electron chi connectivity index (χ2n) is 4.90. The van der Waals surface area contributed by atoms with Crippen molar-refractivity contribution in [3.8, 4) is 0 Å². The molecule has 1 aromatic heterocycles. The molecule has 1 unspecified atom stereocenters. The van der Waals surface area contributed by atoms with Crippen LogP contribution in [-0.2, 0) is 19.4 Å². The van der Waals surface area contributed by atoms with E-state index in [2.05, 4.69) is 57.8 Å². The van der Waals surface area contributed by atoms with Crippen LogP contribution in [0.4, 0.5) is 0 Å². The van der Waals surface area contributed by atoms with Gasteiger partial charge in [-0.15, -0.1) is 0 Å². The Bertz CT molecular complexity index is 548. The smallest absolute Gasteiger partial charge is 0.0624 e. The Kier molecular flexibility index (Phi) is 5.67. The Morgan fingerprint density at radius 3 is 2.50 bits per heavy atom. The minimum atomic E-state index is 0.443. The van der Waals surface area contributed by atoms with Crippen molar-refractivity contribution in [2.45, 2.75) is 39.2 Å². The van der Waals surface area contributed by atoms with Crippen LogP contribution in [0.3, 0.4) is 0 Å². The van der Waals surface area contributed by atoms with Crippen molar-refractivity contribution in [1.29, 1.82) is 0 Å². The van der Waals surface area contributed by atoms with E-state index in [1.165, 1.54) is 17.0 Å². The Morgan fingerprint density at radius 2 is 1.95 bits per heavy atom. The highest BCUT2D eigenvalue weighted by molar-refractivity contribution is 9.09. The van der Waals surface area contributed by atoms with Crippen molar-refractivity contribution in [2.24, 2.45) is 0 Å². The maximum atomic E-state index is 5.96. The molecule has 0 radical (unpaired) electrons. The van der Waals surface area contributed by atoms with E-state index in [0.717, 1.165) is 29.7 Å². The van der Waals surface area contributed by atoms with Crippen LogP contribution in [0.15, 0.2) is 30.3 Å². The van der Waals surface area contributed by atoms with E-state index in [1.807, 2.05) is 12.1 Å². The fraction of sp³-hybridized carbons (Fsp3) is 0.438. The molecule has 0 N–H and O–H groups in total. The van der Waals surface area contributed by atoms with Crippen LogP contribution < -0.4 is 0 Å². The van der Waals surface area contributed by atoms with Gasteiger partial charge in [-0.1, -0.05) is 46.6 Å². The molecular formula is C16H20BrClN2. The van der Waals surface area contributed by atoms with Crippen molar-refractivity contribution < 1.29 is 0 Å². The van der Waals surface area contributed by atoms with Crippen LogP contribution in [0.25, 0.3) is 0 Å². The number of hydrogen-bond donors (Lipinski definition) is 0. The fourth-order valence-corrected chi connectivity index (χ4v) is 3.10. The summed E-state index contributed by atoms with van der Waals surface area (Å²) in [4.78, 5) is 0. The molecule has 1 heterocycles. The van der Waals surface area contributed by atoms with Crippen molar-refractivity contribution in [1.82, 2.24) is 9.78 Å². The second-order valence-corrected chi connectivity index (χ2v) is 5.99. The lowest BCUT2D eigenvalue weighted by Gasteiger charge is -2.15. The summed E-state index contributed by atoms with van der Waals surface area (Å²) in [5.74, 6) is 0.443. The number of hydrogen-bond acceptors (Lipinski definition) is 1. The maximum Gasteiger partial charge on any atom is 0.0624 e. The molecule has 0 bridgehead atoms. The van der Waals surface area contributed by atoms with E-state index >= 15 is 0 Å². The predicted molar refractivity (Wildman–Crippen MR) is 89.0 cm³/mol. The minimum Gasteiger partial charge on any atom is -0.270 e. The Morgan fingerprint density at radius 1 is 1.25 bits per heavy atom. The summed E-state index contributed by atoms with van der Waals surface area (Å²) in [6.07, 6.45) is 1.98. The normalized spacial score (nSPS) is 12.6. The lowest BCUT2D eigenvalue weighted by molar-refractivity contribution is 0.594. The average molecular weight is 356 g/mol. The van der Waals surface area contributed by atoms with Crippen LogP contribution in [0, 0.1) is 0 Å². The number of alkyl halides is 1. The first kappa shape index (κ1) is 15.6. The third kappa shape index (κ3) is 3.64. The van der Waals surface area contributed by atoms with Crippen molar-refractivity contribution in [3.63, 3.8) is 0 Å². The second kappa shape index (κ2) is 7.28. The average Bonchev–Trinajstić information content (AvgIpc) is 2.88. The molecule has 0 amide bonds. The monoisotopic (exact) mass is 354 g/mol. The van der Waals surface area contributed by atoms with E-state index in [4.69, 9.17) is 11.6 Å². The van der Waals surface area contributed by atoms with E-state index < -0.39 is 0 Å². The standard InChI is InChI=1S/C16H20BrClN2/c1-3-15-10-16(20(4-2)19-15)9-13(11-17)12-5-7-14(18)8-6-12/h5-8,10,13H,3-4,9,11H2,1-2H3. The number of benzene rings is 1. The van der Waals surface area contributed by atoms with Crippen LogP contribution in [0.5, 0.6) is 0 Å². The van der Waals surface area contributed by atoms with Gasteiger partial charge < -0.3 is 0 Å². The SMILES string of the molecule is CCc1cc(CC(CBr)c2ccc(Cl)cc2)n(CC)n1. The highest BCUT2D eigenvalue weighted by Crippen LogP contribution is 2.25. The largest absolute Gasteiger partial charge is 0.270 e. The highest BCUT2D eigenvalue weighted by Gasteiger charge is 2.15. The zero-order valence-corrected chi connectivity index (χ0v) is 14.3. The van der Waals surface area contributed by atoms with E-state index in [1.54, 1.807) is 0 Å². The first-order valence-corrected chi connectivity index (χ1v) is 8.54. The van der Waals surface area contributed by atoms with Gasteiger partial charge in [0.15, 0.2) is 0 Å². The molecule has 4 heteroatoms. The molecule has 0 saturated heterocycles. The van der Waals surface area contributed by atoms with Gasteiger partial charge in [0, 0.05) is 22.6 Å². The van der Waals surface area contributed by atoms with E-state index in [-0.39, 0.29) is 0 Å². The zero-order valence-electron chi connectivity index (χ0n) is 11.9. The van der Waals surface area contributed by atoms with Crippen LogP contribution in [0.1, 0.15) is 36.7 Å². The van der Waals surface area contributed by atoms with Crippen molar-refractivity contribution >= 4 is 27.5 Å². The molecule has 1 aromatic carbocycles. The molecule has 0 spiro atoms. The Balaban J connectivity index is 2.21. The molecule has 108 valence electrons. The first-order valence-electron chi connectivity index (χ1n) is 7.04. The van der Waals surface area contributed by atoms with Gasteiger partial charge in [0.05, 0.1) is 5.69 Å². The lowest BCUT2D eigenvalue weighted by Crippen LogP contribution is -2.10.